The molecule has 0 aliphatic heterocycles. The van der Waals surface area contributed by atoms with Crippen molar-refractivity contribution >= 4 is 19.7 Å². The minimum Gasteiger partial charge on any atom is -0.756 e. The summed E-state index contributed by atoms with van der Waals surface area (Å²) in [6.45, 7) is 6.76. The average Bonchev–Trinajstić information content (AvgIpc) is 3.37. The summed E-state index contributed by atoms with van der Waals surface area (Å²) in [7, 11) is 1.16. The van der Waals surface area contributed by atoms with Crippen LogP contribution in [0.5, 0.6) is 0 Å². The van der Waals surface area contributed by atoms with E-state index in [4.69, 9.17) is 13.8 Å². The third kappa shape index (κ3) is 55.7. The summed E-state index contributed by atoms with van der Waals surface area (Å²) < 4.78 is 30.3. The number of nitrogens with zero attached hydrogens (tertiary/aromatic N) is 1. The average molecular weight is 1070 g/mol. The maximum atomic E-state index is 13.5. The number of likely N-dealkylation sites (N-methyl/N-ethyl adjacent to an activating group) is 1. The first-order chi connectivity index (χ1) is 36.4. The molecule has 3 unspecified atom stereocenters. The van der Waals surface area contributed by atoms with E-state index in [1.807, 2.05) is 33.3 Å². The zero-order chi connectivity index (χ0) is 55.0. The van der Waals surface area contributed by atoms with E-state index < -0.39 is 26.6 Å². The molecule has 0 radical (unpaired) electrons. The zero-order valence-electron chi connectivity index (χ0n) is 49.5. The second-order valence-corrected chi connectivity index (χ2v) is 23.3. The SMILES string of the molecule is CCCCC/C=C\C/C=C\C/C=C\C/C=C\CCCCCCCCCC(=O)NC(COP(=O)([O-])OCC[N+](C)(C)C)C(/C=C\CCCCCCCCCCC)OC(=O)CCCCCCCC/C=C/C=C/CCCCC. The van der Waals surface area contributed by atoms with Crippen LogP contribution in [-0.2, 0) is 27.9 Å². The van der Waals surface area contributed by atoms with Gasteiger partial charge in [-0.05, 0) is 102 Å². The van der Waals surface area contributed by atoms with Crippen LogP contribution in [0, 0.1) is 0 Å². The first kappa shape index (κ1) is 72.2. The van der Waals surface area contributed by atoms with Crippen molar-refractivity contribution < 1.29 is 37.3 Å². The predicted molar refractivity (Wildman–Crippen MR) is 321 cm³/mol. The van der Waals surface area contributed by atoms with Crippen molar-refractivity contribution in [3.63, 3.8) is 0 Å². The molecule has 0 aliphatic carbocycles. The Morgan fingerprint density at radius 3 is 1.32 bits per heavy atom. The number of carbonyl (C=O) groups is 2. The number of hydrogen-bond acceptors (Lipinski definition) is 7. The fraction of sp³-hybridized carbons (Fsp3) is 0.754. The lowest BCUT2D eigenvalue weighted by molar-refractivity contribution is -0.870. The molecule has 0 fully saturated rings. The van der Waals surface area contributed by atoms with Gasteiger partial charge in [-0.15, -0.1) is 0 Å². The van der Waals surface area contributed by atoms with Gasteiger partial charge in [-0.2, -0.15) is 0 Å². The molecule has 1 N–H and O–H groups in total. The molecule has 9 nitrogen and oxygen atoms in total. The van der Waals surface area contributed by atoms with Crippen molar-refractivity contribution in [3.05, 3.63) is 85.1 Å². The van der Waals surface area contributed by atoms with Gasteiger partial charge in [-0.25, -0.2) is 0 Å². The maximum absolute atomic E-state index is 13.5. The summed E-state index contributed by atoms with van der Waals surface area (Å²) in [4.78, 5) is 39.9. The van der Waals surface area contributed by atoms with Crippen LogP contribution in [0.2, 0.25) is 0 Å². The number of rotatable bonds is 55. The number of phosphoric acid groups is 1. The molecule has 3 atom stereocenters. The van der Waals surface area contributed by atoms with Crippen molar-refractivity contribution in [3.8, 4) is 0 Å². The van der Waals surface area contributed by atoms with Gasteiger partial charge in [0.15, 0.2) is 0 Å². The number of amides is 1. The first-order valence-corrected chi connectivity index (χ1v) is 32.4. The molecule has 0 saturated heterocycles. The second-order valence-electron chi connectivity index (χ2n) is 21.9. The highest BCUT2D eigenvalue weighted by Gasteiger charge is 2.27. The molecule has 75 heavy (non-hydrogen) atoms. The van der Waals surface area contributed by atoms with Gasteiger partial charge in [0.25, 0.3) is 7.82 Å². The Bertz CT molecular complexity index is 1560. The van der Waals surface area contributed by atoms with Crippen molar-refractivity contribution in [2.45, 2.75) is 277 Å². The number of allylic oxidation sites excluding steroid dienone is 13. The standard InChI is InChI=1S/C65H117N2O7P/c1-7-10-13-16-19-22-25-27-29-30-31-32-33-34-35-36-38-39-42-45-48-51-54-57-64(68)66-62(61-73-75(70,71)72-60-59-67(4,5)6)63(56-53-50-47-44-41-24-21-18-15-12-9-3)74-65(69)58-55-52-49-46-43-40-37-28-26-23-20-17-14-11-8-2/h19-20,22-23,26-29,31-32,34-35,53,56,62-63H,7-18,21,24-25,30,33,36-52,54-55,57-61H2,1-6H3,(H-,66,68,70,71)/b22-19-,23-20+,28-26+,29-27-,32-31-,35-34-,56-53-. The fourth-order valence-corrected chi connectivity index (χ4v) is 9.22. The van der Waals surface area contributed by atoms with Crippen LogP contribution in [0.25, 0.3) is 0 Å². The number of unbranched alkanes of at least 4 members (excludes halogenated alkanes) is 28. The van der Waals surface area contributed by atoms with Gasteiger partial charge in [0.2, 0.25) is 5.91 Å². The molecule has 0 saturated carbocycles. The molecule has 0 spiro atoms. The van der Waals surface area contributed by atoms with Crippen LogP contribution < -0.4 is 10.2 Å². The van der Waals surface area contributed by atoms with Crippen LogP contribution in [0.1, 0.15) is 265 Å². The molecule has 434 valence electrons. The van der Waals surface area contributed by atoms with E-state index >= 15 is 0 Å². The minimum absolute atomic E-state index is 0.0301. The lowest BCUT2D eigenvalue weighted by Crippen LogP contribution is -2.47. The highest BCUT2D eigenvalue weighted by Crippen LogP contribution is 2.38. The number of quaternary nitrogens is 1. The largest absolute Gasteiger partial charge is 0.756 e. The maximum Gasteiger partial charge on any atom is 0.306 e. The smallest absolute Gasteiger partial charge is 0.306 e. The molecular formula is C65H117N2O7P. The summed E-state index contributed by atoms with van der Waals surface area (Å²) in [6, 6.07) is -0.902. The second kappa shape index (κ2) is 54.5. The lowest BCUT2D eigenvalue weighted by Gasteiger charge is -2.30. The first-order valence-electron chi connectivity index (χ1n) is 30.9. The van der Waals surface area contributed by atoms with E-state index in [1.54, 1.807) is 0 Å². The topological polar surface area (TPSA) is 114 Å². The number of hydrogen-bond donors (Lipinski definition) is 1. The molecule has 0 rings (SSSR count). The number of phosphoric ester groups is 1. The van der Waals surface area contributed by atoms with Gasteiger partial charge in [-0.1, -0.05) is 235 Å². The Morgan fingerprint density at radius 1 is 0.480 bits per heavy atom. The number of carbonyl (C=O) groups excluding carboxylic acids is 2. The van der Waals surface area contributed by atoms with Crippen molar-refractivity contribution in [1.82, 2.24) is 5.32 Å². The Labute approximate surface area is 463 Å². The van der Waals surface area contributed by atoms with Gasteiger partial charge in [0.1, 0.15) is 19.3 Å². The zero-order valence-corrected chi connectivity index (χ0v) is 50.4. The number of ether oxygens (including phenoxy) is 1. The molecule has 10 heteroatoms. The van der Waals surface area contributed by atoms with E-state index in [1.165, 1.54) is 116 Å². The van der Waals surface area contributed by atoms with E-state index in [9.17, 15) is 19.0 Å². The van der Waals surface area contributed by atoms with Crippen LogP contribution in [0.4, 0.5) is 0 Å². The van der Waals surface area contributed by atoms with Crippen LogP contribution >= 0.6 is 7.82 Å². The predicted octanol–water partition coefficient (Wildman–Crippen LogP) is 18.4. The number of esters is 1. The third-order valence-electron chi connectivity index (χ3n) is 13.3. The van der Waals surface area contributed by atoms with Gasteiger partial charge < -0.3 is 28.5 Å². The van der Waals surface area contributed by atoms with Crippen LogP contribution in [0.15, 0.2) is 85.1 Å². The van der Waals surface area contributed by atoms with E-state index in [0.29, 0.717) is 23.9 Å². The van der Waals surface area contributed by atoms with E-state index in [-0.39, 0.29) is 24.9 Å². The lowest BCUT2D eigenvalue weighted by atomic mass is 10.1. The monoisotopic (exact) mass is 1070 g/mol. The van der Waals surface area contributed by atoms with Gasteiger partial charge in [-0.3, -0.25) is 14.2 Å². The molecule has 0 aromatic carbocycles. The molecule has 0 aromatic heterocycles. The highest BCUT2D eigenvalue weighted by atomic mass is 31.2. The number of nitrogens with one attached hydrogen (secondary N) is 1. The summed E-state index contributed by atoms with van der Waals surface area (Å²) in [5.41, 5.74) is 0. The Hall–Kier alpha value is -2.81. The third-order valence-corrected chi connectivity index (χ3v) is 14.3. The summed E-state index contributed by atoms with van der Waals surface area (Å²) >= 11 is 0. The van der Waals surface area contributed by atoms with Crippen LogP contribution in [0.3, 0.4) is 0 Å². The van der Waals surface area contributed by atoms with Crippen molar-refractivity contribution in [1.29, 1.82) is 0 Å². The Morgan fingerprint density at radius 2 is 0.853 bits per heavy atom. The molecule has 0 heterocycles. The van der Waals surface area contributed by atoms with Gasteiger partial charge in [0, 0.05) is 12.8 Å². The Balaban J connectivity index is 5.23. The van der Waals surface area contributed by atoms with Gasteiger partial charge >= 0.3 is 5.97 Å². The normalized spacial score (nSPS) is 14.3. The van der Waals surface area contributed by atoms with E-state index in [2.05, 4.69) is 99.0 Å². The summed E-state index contributed by atoms with van der Waals surface area (Å²) in [6.07, 6.45) is 71.1. The van der Waals surface area contributed by atoms with Gasteiger partial charge in [0.05, 0.1) is 33.8 Å². The molecule has 0 aliphatic rings. The molecule has 0 bridgehead atoms. The molecular weight excluding hydrogens is 952 g/mol. The highest BCUT2D eigenvalue weighted by molar-refractivity contribution is 7.45. The molecule has 1 amide bonds. The quantitative estimate of drug-likeness (QED) is 0.0161. The summed E-state index contributed by atoms with van der Waals surface area (Å²) in [5.74, 6) is -0.569. The fourth-order valence-electron chi connectivity index (χ4n) is 8.50. The van der Waals surface area contributed by atoms with E-state index in [0.717, 1.165) is 109 Å². The Kier molecular flexibility index (Phi) is 52.5. The summed E-state index contributed by atoms with van der Waals surface area (Å²) in [5, 5.41) is 3.02. The van der Waals surface area contributed by atoms with Crippen LogP contribution in [-0.4, -0.2) is 69.4 Å². The minimum atomic E-state index is -4.71. The van der Waals surface area contributed by atoms with Crippen molar-refractivity contribution in [2.75, 3.05) is 40.9 Å². The van der Waals surface area contributed by atoms with Crippen molar-refractivity contribution in [2.24, 2.45) is 0 Å². The molecule has 0 aromatic rings.